The molecule has 0 aromatic heterocycles. The van der Waals surface area contributed by atoms with Gasteiger partial charge >= 0.3 is 0 Å². The molecule has 1 N–H and O–H groups in total. The molecule has 0 atom stereocenters. The van der Waals surface area contributed by atoms with E-state index in [1.165, 1.54) is 0 Å². The van der Waals surface area contributed by atoms with E-state index in [9.17, 15) is 5.11 Å². The zero-order chi connectivity index (χ0) is 13.1. The molecule has 17 heavy (non-hydrogen) atoms. The average Bonchev–Trinajstić information content (AvgIpc) is 2.28. The lowest BCUT2D eigenvalue weighted by atomic mass is 9.94. The molecule has 0 aliphatic heterocycles. The third kappa shape index (κ3) is 3.79. The van der Waals surface area contributed by atoms with Gasteiger partial charge in [-0.15, -0.1) is 0 Å². The van der Waals surface area contributed by atoms with Gasteiger partial charge in [0.2, 0.25) is 0 Å². The van der Waals surface area contributed by atoms with Crippen LogP contribution in [0.25, 0.3) is 0 Å². The lowest BCUT2D eigenvalue weighted by molar-refractivity contribution is 0.165. The molecule has 0 aliphatic carbocycles. The Hall–Kier alpha value is -0.930. The molecule has 0 bridgehead atoms. The second-order valence-electron chi connectivity index (χ2n) is 5.00. The summed E-state index contributed by atoms with van der Waals surface area (Å²) in [6, 6.07) is 5.59. The first-order valence-electron chi connectivity index (χ1n) is 5.55. The minimum atomic E-state index is -0.155. The molecule has 1 aromatic rings. The fourth-order valence-electron chi connectivity index (χ4n) is 1.70. The molecule has 0 amide bonds. The summed E-state index contributed by atoms with van der Waals surface area (Å²) >= 11 is 6.19. The fourth-order valence-corrected chi connectivity index (χ4v) is 2.02. The number of ether oxygens (including phenoxy) is 1. The van der Waals surface area contributed by atoms with E-state index in [-0.39, 0.29) is 12.0 Å². The van der Waals surface area contributed by atoms with Gasteiger partial charge in [0.05, 0.1) is 17.8 Å². The van der Waals surface area contributed by atoms with E-state index in [2.05, 4.69) is 0 Å². The van der Waals surface area contributed by atoms with Crippen LogP contribution in [-0.4, -0.2) is 32.4 Å². The van der Waals surface area contributed by atoms with Crippen molar-refractivity contribution in [2.45, 2.75) is 13.8 Å². The number of aliphatic hydroxyl groups is 1. The second kappa shape index (κ2) is 5.61. The minimum Gasteiger partial charge on any atom is -0.497 e. The molecule has 1 aromatic carbocycles. The van der Waals surface area contributed by atoms with Crippen LogP contribution < -0.4 is 9.64 Å². The zero-order valence-corrected chi connectivity index (χ0v) is 11.6. The predicted molar refractivity (Wildman–Crippen MR) is 72.1 cm³/mol. The van der Waals surface area contributed by atoms with Gasteiger partial charge in [-0.1, -0.05) is 25.4 Å². The maximum Gasteiger partial charge on any atom is 0.120 e. The SMILES string of the molecule is COc1ccc(N(C)CC(C)(C)CO)c(Cl)c1. The van der Waals surface area contributed by atoms with Crippen molar-refractivity contribution >= 4 is 17.3 Å². The molecular formula is C13H20ClNO2. The number of methoxy groups -OCH3 is 1. The average molecular weight is 258 g/mol. The van der Waals surface area contributed by atoms with Gasteiger partial charge in [0, 0.05) is 31.7 Å². The molecule has 0 saturated carbocycles. The molecule has 0 fully saturated rings. The standard InChI is InChI=1S/C13H20ClNO2/c1-13(2,9-16)8-15(3)12-6-5-10(17-4)7-11(12)14/h5-7,16H,8-9H2,1-4H3. The van der Waals surface area contributed by atoms with Crippen molar-refractivity contribution in [3.63, 3.8) is 0 Å². The first kappa shape index (κ1) is 14.1. The van der Waals surface area contributed by atoms with Crippen LogP contribution in [0.2, 0.25) is 5.02 Å². The van der Waals surface area contributed by atoms with Crippen molar-refractivity contribution in [3.05, 3.63) is 23.2 Å². The van der Waals surface area contributed by atoms with E-state index in [0.717, 1.165) is 18.0 Å². The highest BCUT2D eigenvalue weighted by molar-refractivity contribution is 6.33. The Morgan fingerprint density at radius 2 is 2.06 bits per heavy atom. The summed E-state index contributed by atoms with van der Waals surface area (Å²) < 4.78 is 5.11. The normalized spacial score (nSPS) is 11.4. The maximum absolute atomic E-state index is 9.26. The zero-order valence-electron chi connectivity index (χ0n) is 10.8. The third-order valence-electron chi connectivity index (χ3n) is 2.66. The number of halogens is 1. The van der Waals surface area contributed by atoms with Gasteiger partial charge in [0.1, 0.15) is 5.75 Å². The Balaban J connectivity index is 2.86. The maximum atomic E-state index is 9.26. The lowest BCUT2D eigenvalue weighted by Gasteiger charge is -2.30. The van der Waals surface area contributed by atoms with Gasteiger partial charge in [0.15, 0.2) is 0 Å². The molecule has 4 heteroatoms. The molecular weight excluding hydrogens is 238 g/mol. The quantitative estimate of drug-likeness (QED) is 0.881. The number of aliphatic hydroxyl groups excluding tert-OH is 1. The van der Waals surface area contributed by atoms with Crippen LogP contribution in [0, 0.1) is 5.41 Å². The van der Waals surface area contributed by atoms with Crippen LogP contribution in [0.15, 0.2) is 18.2 Å². The van der Waals surface area contributed by atoms with E-state index >= 15 is 0 Å². The van der Waals surface area contributed by atoms with Gasteiger partial charge in [-0.2, -0.15) is 0 Å². The molecule has 1 rings (SSSR count). The Morgan fingerprint density at radius 3 is 2.53 bits per heavy atom. The summed E-state index contributed by atoms with van der Waals surface area (Å²) in [6.45, 7) is 4.91. The first-order chi connectivity index (χ1) is 7.89. The van der Waals surface area contributed by atoms with Gasteiger partial charge in [-0.25, -0.2) is 0 Å². The van der Waals surface area contributed by atoms with Crippen LogP contribution in [0.1, 0.15) is 13.8 Å². The summed E-state index contributed by atoms with van der Waals surface area (Å²) in [4.78, 5) is 2.04. The Labute approximate surface area is 108 Å². The molecule has 0 unspecified atom stereocenters. The van der Waals surface area contributed by atoms with Crippen LogP contribution in [0.5, 0.6) is 5.75 Å². The molecule has 96 valence electrons. The molecule has 0 aliphatic rings. The van der Waals surface area contributed by atoms with Gasteiger partial charge < -0.3 is 14.7 Å². The Bertz CT molecular complexity index is 380. The fraction of sp³-hybridized carbons (Fsp3) is 0.538. The van der Waals surface area contributed by atoms with Crippen molar-refractivity contribution in [1.82, 2.24) is 0 Å². The monoisotopic (exact) mass is 257 g/mol. The smallest absolute Gasteiger partial charge is 0.120 e. The number of hydrogen-bond acceptors (Lipinski definition) is 3. The summed E-state index contributed by atoms with van der Waals surface area (Å²) in [7, 11) is 3.58. The molecule has 0 radical (unpaired) electrons. The predicted octanol–water partition coefficient (Wildman–Crippen LogP) is 2.80. The second-order valence-corrected chi connectivity index (χ2v) is 5.40. The summed E-state index contributed by atoms with van der Waals surface area (Å²) in [5, 5.41) is 9.91. The van der Waals surface area contributed by atoms with Crippen molar-refractivity contribution < 1.29 is 9.84 Å². The van der Waals surface area contributed by atoms with Crippen LogP contribution in [0.3, 0.4) is 0 Å². The molecule has 3 nitrogen and oxygen atoms in total. The van der Waals surface area contributed by atoms with Crippen molar-refractivity contribution in [2.75, 3.05) is 32.2 Å². The number of hydrogen-bond donors (Lipinski definition) is 1. The van der Waals surface area contributed by atoms with Crippen molar-refractivity contribution in [3.8, 4) is 5.75 Å². The summed E-state index contributed by atoms with van der Waals surface area (Å²) in [6.07, 6.45) is 0. The number of rotatable bonds is 5. The first-order valence-corrected chi connectivity index (χ1v) is 5.93. The van der Waals surface area contributed by atoms with E-state index < -0.39 is 0 Å². The highest BCUT2D eigenvalue weighted by atomic mass is 35.5. The van der Waals surface area contributed by atoms with Gasteiger partial charge in [-0.05, 0) is 12.1 Å². The summed E-state index contributed by atoms with van der Waals surface area (Å²) in [5.41, 5.74) is 0.784. The molecule has 0 saturated heterocycles. The van der Waals surface area contributed by atoms with Crippen LogP contribution in [-0.2, 0) is 0 Å². The highest BCUT2D eigenvalue weighted by Crippen LogP contribution is 2.30. The summed E-state index contributed by atoms with van der Waals surface area (Å²) in [5.74, 6) is 0.744. The largest absolute Gasteiger partial charge is 0.497 e. The lowest BCUT2D eigenvalue weighted by Crippen LogP contribution is -2.34. The third-order valence-corrected chi connectivity index (χ3v) is 2.96. The Kier molecular flexibility index (Phi) is 4.66. The highest BCUT2D eigenvalue weighted by Gasteiger charge is 2.20. The van der Waals surface area contributed by atoms with E-state index in [1.54, 1.807) is 13.2 Å². The van der Waals surface area contributed by atoms with Gasteiger partial charge in [0.25, 0.3) is 0 Å². The van der Waals surface area contributed by atoms with E-state index in [0.29, 0.717) is 5.02 Å². The number of benzene rings is 1. The van der Waals surface area contributed by atoms with Crippen molar-refractivity contribution in [2.24, 2.45) is 5.41 Å². The van der Waals surface area contributed by atoms with E-state index in [4.69, 9.17) is 16.3 Å². The van der Waals surface area contributed by atoms with Crippen LogP contribution in [0.4, 0.5) is 5.69 Å². The topological polar surface area (TPSA) is 32.7 Å². The van der Waals surface area contributed by atoms with E-state index in [1.807, 2.05) is 37.9 Å². The molecule has 0 heterocycles. The van der Waals surface area contributed by atoms with Crippen LogP contribution >= 0.6 is 11.6 Å². The number of nitrogens with zero attached hydrogens (tertiary/aromatic N) is 1. The Morgan fingerprint density at radius 1 is 1.41 bits per heavy atom. The molecule has 0 spiro atoms. The number of anilines is 1. The van der Waals surface area contributed by atoms with Gasteiger partial charge in [-0.3, -0.25) is 0 Å². The minimum absolute atomic E-state index is 0.144. The van der Waals surface area contributed by atoms with Crippen molar-refractivity contribution in [1.29, 1.82) is 0 Å².